The van der Waals surface area contributed by atoms with Crippen LogP contribution in [0.15, 0.2) is 23.1 Å². The number of amides is 1. The standard InChI is InChI=1S/C14H16N4O6/c1-8(12(15)19)24-11-6-9-5-10(18(21)22)7-16-13(9)17(14(11)20)3-4-23-2/h5-8H,3-4H2,1-2H3,(H2,15,19). The van der Waals surface area contributed by atoms with Gasteiger partial charge in [0.2, 0.25) is 0 Å². The van der Waals surface area contributed by atoms with E-state index in [2.05, 4.69) is 4.98 Å². The maximum absolute atomic E-state index is 12.5. The normalized spacial score (nSPS) is 12.1. The first-order valence-electron chi connectivity index (χ1n) is 6.98. The van der Waals surface area contributed by atoms with Gasteiger partial charge in [-0.05, 0) is 13.0 Å². The highest BCUT2D eigenvalue weighted by molar-refractivity contribution is 5.80. The number of nitro groups is 1. The monoisotopic (exact) mass is 336 g/mol. The van der Waals surface area contributed by atoms with E-state index in [4.69, 9.17) is 15.2 Å². The molecule has 1 amide bonds. The molecule has 2 N–H and O–H groups in total. The summed E-state index contributed by atoms with van der Waals surface area (Å²) in [5, 5.41) is 11.2. The maximum atomic E-state index is 12.5. The van der Waals surface area contributed by atoms with E-state index < -0.39 is 22.5 Å². The van der Waals surface area contributed by atoms with Crippen molar-refractivity contribution < 1.29 is 19.2 Å². The Bertz CT molecular complexity index is 847. The Morgan fingerprint density at radius 1 is 1.50 bits per heavy atom. The minimum Gasteiger partial charge on any atom is -0.475 e. The van der Waals surface area contributed by atoms with Gasteiger partial charge in [0.05, 0.1) is 18.1 Å². The number of hydrogen-bond acceptors (Lipinski definition) is 7. The second-order valence-electron chi connectivity index (χ2n) is 4.98. The smallest absolute Gasteiger partial charge is 0.294 e. The van der Waals surface area contributed by atoms with E-state index >= 15 is 0 Å². The van der Waals surface area contributed by atoms with Crippen LogP contribution in [0.25, 0.3) is 11.0 Å². The summed E-state index contributed by atoms with van der Waals surface area (Å²) in [7, 11) is 1.47. The van der Waals surface area contributed by atoms with Crippen molar-refractivity contribution in [1.82, 2.24) is 9.55 Å². The number of carbonyl (C=O) groups is 1. The fourth-order valence-corrected chi connectivity index (χ4v) is 2.05. The van der Waals surface area contributed by atoms with E-state index in [0.29, 0.717) is 5.39 Å². The van der Waals surface area contributed by atoms with Gasteiger partial charge in [-0.3, -0.25) is 24.3 Å². The fourth-order valence-electron chi connectivity index (χ4n) is 2.05. The molecule has 0 fully saturated rings. The number of ether oxygens (including phenoxy) is 2. The third kappa shape index (κ3) is 3.49. The molecule has 1 atom stereocenters. The number of pyridine rings is 2. The Kier molecular flexibility index (Phi) is 5.09. The lowest BCUT2D eigenvalue weighted by molar-refractivity contribution is -0.385. The van der Waals surface area contributed by atoms with Crippen molar-refractivity contribution in [3.63, 3.8) is 0 Å². The third-order valence-electron chi connectivity index (χ3n) is 3.31. The lowest BCUT2D eigenvalue weighted by Crippen LogP contribution is -2.34. The predicted octanol–water partition coefficient (Wildman–Crippen LogP) is 0.204. The molecule has 0 spiro atoms. The molecule has 0 aliphatic carbocycles. The second kappa shape index (κ2) is 7.04. The van der Waals surface area contributed by atoms with Gasteiger partial charge in [0.1, 0.15) is 11.8 Å². The quantitative estimate of drug-likeness (QED) is 0.562. The van der Waals surface area contributed by atoms with Gasteiger partial charge in [-0.2, -0.15) is 0 Å². The molecule has 128 valence electrons. The molecule has 0 aliphatic heterocycles. The molecule has 2 heterocycles. The highest BCUT2D eigenvalue weighted by Crippen LogP contribution is 2.21. The molecule has 10 heteroatoms. The highest BCUT2D eigenvalue weighted by Gasteiger charge is 2.18. The van der Waals surface area contributed by atoms with E-state index in [1.165, 1.54) is 30.7 Å². The molecule has 0 saturated carbocycles. The van der Waals surface area contributed by atoms with Gasteiger partial charge in [-0.25, -0.2) is 4.98 Å². The van der Waals surface area contributed by atoms with E-state index in [-0.39, 0.29) is 30.2 Å². The summed E-state index contributed by atoms with van der Waals surface area (Å²) in [4.78, 5) is 38.0. The molecule has 0 bridgehead atoms. The van der Waals surface area contributed by atoms with Gasteiger partial charge >= 0.3 is 0 Å². The molecular formula is C14H16N4O6. The van der Waals surface area contributed by atoms with Crippen molar-refractivity contribution in [2.24, 2.45) is 5.73 Å². The lowest BCUT2D eigenvalue weighted by atomic mass is 10.2. The first-order chi connectivity index (χ1) is 11.3. The maximum Gasteiger partial charge on any atom is 0.294 e. The van der Waals surface area contributed by atoms with Gasteiger partial charge in [-0.1, -0.05) is 0 Å². The van der Waals surface area contributed by atoms with Gasteiger partial charge in [-0.15, -0.1) is 0 Å². The number of aromatic nitrogens is 2. The zero-order valence-corrected chi connectivity index (χ0v) is 13.1. The van der Waals surface area contributed by atoms with Gasteiger partial charge in [0, 0.05) is 18.6 Å². The Morgan fingerprint density at radius 3 is 2.79 bits per heavy atom. The number of nitrogens with two attached hydrogens (primary N) is 1. The van der Waals surface area contributed by atoms with Crippen LogP contribution >= 0.6 is 0 Å². The molecule has 1 unspecified atom stereocenters. The molecular weight excluding hydrogens is 320 g/mol. The molecule has 0 saturated heterocycles. The number of hydrogen-bond donors (Lipinski definition) is 1. The molecule has 2 aromatic heterocycles. The SMILES string of the molecule is COCCn1c(=O)c(OC(C)C(N)=O)cc2cc([N+](=O)[O-])cnc21. The van der Waals surface area contributed by atoms with Crippen molar-refractivity contribution in [1.29, 1.82) is 0 Å². The summed E-state index contributed by atoms with van der Waals surface area (Å²) < 4.78 is 11.5. The number of nitrogens with zero attached hydrogens (tertiary/aromatic N) is 3. The van der Waals surface area contributed by atoms with E-state index in [9.17, 15) is 19.7 Å². The minimum atomic E-state index is -1.03. The van der Waals surface area contributed by atoms with Crippen molar-refractivity contribution in [2.45, 2.75) is 19.6 Å². The molecule has 0 radical (unpaired) electrons. The first-order valence-corrected chi connectivity index (χ1v) is 6.98. The summed E-state index contributed by atoms with van der Waals surface area (Å²) in [6, 6.07) is 2.58. The topological polar surface area (TPSA) is 140 Å². The molecule has 2 aromatic rings. The minimum absolute atomic E-state index is 0.146. The van der Waals surface area contributed by atoms with E-state index in [1.807, 2.05) is 0 Å². The average molecular weight is 336 g/mol. The van der Waals surface area contributed by atoms with Gasteiger partial charge in [0.25, 0.3) is 17.2 Å². The Morgan fingerprint density at radius 2 is 2.21 bits per heavy atom. The van der Waals surface area contributed by atoms with Crippen LogP contribution < -0.4 is 16.0 Å². The summed E-state index contributed by atoms with van der Waals surface area (Å²) in [5.41, 5.74) is 4.62. The number of rotatable bonds is 7. The van der Waals surface area contributed by atoms with Crippen LogP contribution in [0.3, 0.4) is 0 Å². The van der Waals surface area contributed by atoms with Crippen LogP contribution in [0.1, 0.15) is 6.92 Å². The first kappa shape index (κ1) is 17.3. The van der Waals surface area contributed by atoms with Crippen LogP contribution in [0.4, 0.5) is 5.69 Å². The Hall–Kier alpha value is -3.01. The zero-order valence-electron chi connectivity index (χ0n) is 13.1. The Balaban J connectivity index is 2.64. The second-order valence-corrected chi connectivity index (χ2v) is 4.98. The zero-order chi connectivity index (χ0) is 17.9. The fraction of sp³-hybridized carbons (Fsp3) is 0.357. The van der Waals surface area contributed by atoms with Crippen LogP contribution in [-0.4, -0.2) is 40.2 Å². The van der Waals surface area contributed by atoms with Crippen LogP contribution in [0.2, 0.25) is 0 Å². The molecule has 0 aromatic carbocycles. The number of carbonyl (C=O) groups excluding carboxylic acids is 1. The Labute approximate surface area is 135 Å². The van der Waals surface area contributed by atoms with E-state index in [0.717, 1.165) is 6.20 Å². The summed E-state index contributed by atoms with van der Waals surface area (Å²) in [6.45, 7) is 1.79. The summed E-state index contributed by atoms with van der Waals surface area (Å²) in [6.07, 6.45) is 0.0372. The van der Waals surface area contributed by atoms with Crippen molar-refractivity contribution in [3.8, 4) is 5.75 Å². The average Bonchev–Trinajstić information content (AvgIpc) is 2.54. The molecule has 2 rings (SSSR count). The van der Waals surface area contributed by atoms with Crippen molar-refractivity contribution >= 4 is 22.6 Å². The molecule has 24 heavy (non-hydrogen) atoms. The van der Waals surface area contributed by atoms with Crippen molar-refractivity contribution in [3.05, 3.63) is 38.8 Å². The van der Waals surface area contributed by atoms with Crippen LogP contribution in [0, 0.1) is 10.1 Å². The summed E-state index contributed by atoms with van der Waals surface area (Å²) >= 11 is 0. The molecule has 0 aliphatic rings. The van der Waals surface area contributed by atoms with Crippen LogP contribution in [-0.2, 0) is 16.1 Å². The third-order valence-corrected chi connectivity index (χ3v) is 3.31. The van der Waals surface area contributed by atoms with Gasteiger partial charge < -0.3 is 15.2 Å². The lowest BCUT2D eigenvalue weighted by Gasteiger charge is -2.14. The van der Waals surface area contributed by atoms with Gasteiger partial charge in [0.15, 0.2) is 11.9 Å². The molecule has 10 nitrogen and oxygen atoms in total. The number of methoxy groups -OCH3 is 1. The predicted molar refractivity (Wildman–Crippen MR) is 83.8 cm³/mol. The van der Waals surface area contributed by atoms with Crippen LogP contribution in [0.5, 0.6) is 5.75 Å². The number of fused-ring (bicyclic) bond motifs is 1. The number of primary amides is 1. The summed E-state index contributed by atoms with van der Waals surface area (Å²) in [5.74, 6) is -0.887. The van der Waals surface area contributed by atoms with Crippen molar-refractivity contribution in [2.75, 3.05) is 13.7 Å². The van der Waals surface area contributed by atoms with E-state index in [1.54, 1.807) is 0 Å². The highest BCUT2D eigenvalue weighted by atomic mass is 16.6. The largest absolute Gasteiger partial charge is 0.475 e.